The zero-order chi connectivity index (χ0) is 12.8. The third-order valence-corrected chi connectivity index (χ3v) is 2.93. The van der Waals surface area contributed by atoms with Gasteiger partial charge in [0.25, 0.3) is 0 Å². The quantitative estimate of drug-likeness (QED) is 0.606. The van der Waals surface area contributed by atoms with Gasteiger partial charge in [-0.1, -0.05) is 36.5 Å². The fourth-order valence-corrected chi connectivity index (χ4v) is 2.05. The molecule has 0 radical (unpaired) electrons. The van der Waals surface area contributed by atoms with Crippen LogP contribution in [0.1, 0.15) is 37.9 Å². The van der Waals surface area contributed by atoms with Crippen LogP contribution in [0.2, 0.25) is 10.2 Å². The Morgan fingerprint density at radius 3 is 2.71 bits per heavy atom. The van der Waals surface area contributed by atoms with Gasteiger partial charge in [0, 0.05) is 17.5 Å². The van der Waals surface area contributed by atoms with Crippen LogP contribution in [-0.4, -0.2) is 11.0 Å². The van der Waals surface area contributed by atoms with E-state index in [1.165, 1.54) is 6.92 Å². The molecule has 3 nitrogen and oxygen atoms in total. The summed E-state index contributed by atoms with van der Waals surface area (Å²) in [7, 11) is 0. The van der Waals surface area contributed by atoms with E-state index in [0.29, 0.717) is 15.9 Å². The molecular weight excluding hydrogens is 261 g/mol. The molecule has 0 aliphatic carbocycles. The average Bonchev–Trinajstić information content (AvgIpc) is 2.25. The highest BCUT2D eigenvalue weighted by atomic mass is 35.5. The first-order valence-corrected chi connectivity index (χ1v) is 6.27. The SMILES string of the molecule is CCCCc1c(Cl)cc(COC(C)=O)nc1Cl. The molecule has 1 aromatic rings. The Bertz CT molecular complexity index is 384. The summed E-state index contributed by atoms with van der Waals surface area (Å²) < 4.78 is 4.84. The molecular formula is C12H15Cl2NO2. The molecule has 0 saturated heterocycles. The number of carbonyl (C=O) groups excluding carboxylic acids is 1. The van der Waals surface area contributed by atoms with Crippen LogP contribution >= 0.6 is 23.2 Å². The summed E-state index contributed by atoms with van der Waals surface area (Å²) in [6.45, 7) is 3.55. The molecule has 0 N–H and O–H groups in total. The Morgan fingerprint density at radius 2 is 2.18 bits per heavy atom. The van der Waals surface area contributed by atoms with E-state index in [1.807, 2.05) is 0 Å². The molecule has 1 heterocycles. The van der Waals surface area contributed by atoms with E-state index < -0.39 is 0 Å². The Balaban J connectivity index is 2.81. The van der Waals surface area contributed by atoms with Crippen LogP contribution in [0.25, 0.3) is 0 Å². The molecule has 1 rings (SSSR count). The van der Waals surface area contributed by atoms with Crippen molar-refractivity contribution >= 4 is 29.2 Å². The van der Waals surface area contributed by atoms with E-state index >= 15 is 0 Å². The van der Waals surface area contributed by atoms with Crippen molar-refractivity contribution in [2.24, 2.45) is 0 Å². The maximum Gasteiger partial charge on any atom is 0.303 e. The monoisotopic (exact) mass is 275 g/mol. The van der Waals surface area contributed by atoms with Gasteiger partial charge in [0.1, 0.15) is 11.8 Å². The van der Waals surface area contributed by atoms with Gasteiger partial charge in [-0.2, -0.15) is 0 Å². The predicted molar refractivity (Wildman–Crippen MR) is 68.3 cm³/mol. The Hall–Kier alpha value is -0.800. The van der Waals surface area contributed by atoms with Gasteiger partial charge in [-0.15, -0.1) is 0 Å². The molecule has 0 aliphatic rings. The van der Waals surface area contributed by atoms with Crippen molar-refractivity contribution in [3.8, 4) is 0 Å². The molecule has 0 fully saturated rings. The van der Waals surface area contributed by atoms with Crippen LogP contribution in [-0.2, 0) is 22.6 Å². The fraction of sp³-hybridized carbons (Fsp3) is 0.500. The number of halogens is 2. The Morgan fingerprint density at radius 1 is 1.47 bits per heavy atom. The van der Waals surface area contributed by atoms with Gasteiger partial charge in [0.2, 0.25) is 0 Å². The number of hydrogen-bond acceptors (Lipinski definition) is 3. The number of rotatable bonds is 5. The summed E-state index contributed by atoms with van der Waals surface area (Å²) in [5.74, 6) is -0.353. The van der Waals surface area contributed by atoms with E-state index in [2.05, 4.69) is 11.9 Å². The van der Waals surface area contributed by atoms with Crippen LogP contribution in [0.15, 0.2) is 6.07 Å². The van der Waals surface area contributed by atoms with Crippen LogP contribution in [0.3, 0.4) is 0 Å². The molecule has 0 aromatic carbocycles. The van der Waals surface area contributed by atoms with E-state index in [1.54, 1.807) is 6.07 Å². The summed E-state index contributed by atoms with van der Waals surface area (Å²) in [6, 6.07) is 1.70. The summed E-state index contributed by atoms with van der Waals surface area (Å²) >= 11 is 12.2. The van der Waals surface area contributed by atoms with E-state index in [4.69, 9.17) is 27.9 Å². The number of unbranched alkanes of at least 4 members (excludes halogenated alkanes) is 1. The largest absolute Gasteiger partial charge is 0.459 e. The molecule has 0 bridgehead atoms. The number of aromatic nitrogens is 1. The first kappa shape index (κ1) is 14.3. The Labute approximate surface area is 111 Å². The van der Waals surface area contributed by atoms with Gasteiger partial charge < -0.3 is 4.74 Å². The lowest BCUT2D eigenvalue weighted by Gasteiger charge is -2.08. The highest BCUT2D eigenvalue weighted by molar-refractivity contribution is 6.35. The van der Waals surface area contributed by atoms with E-state index in [0.717, 1.165) is 24.8 Å². The summed E-state index contributed by atoms with van der Waals surface area (Å²) in [5, 5.41) is 0.980. The van der Waals surface area contributed by atoms with Crippen molar-refractivity contribution in [2.45, 2.75) is 39.7 Å². The van der Waals surface area contributed by atoms with Crippen LogP contribution in [0.5, 0.6) is 0 Å². The topological polar surface area (TPSA) is 39.2 Å². The lowest BCUT2D eigenvalue weighted by Crippen LogP contribution is -2.02. The normalized spacial score (nSPS) is 10.4. The van der Waals surface area contributed by atoms with Gasteiger partial charge in [0.15, 0.2) is 0 Å². The number of nitrogens with zero attached hydrogens (tertiary/aromatic N) is 1. The predicted octanol–water partition coefficient (Wildman–Crippen LogP) is 3.79. The second-order valence-corrected chi connectivity index (χ2v) is 4.51. The second kappa shape index (κ2) is 6.82. The number of esters is 1. The van der Waals surface area contributed by atoms with Gasteiger partial charge in [-0.05, 0) is 18.9 Å². The first-order chi connectivity index (χ1) is 8.04. The average molecular weight is 276 g/mol. The molecule has 0 unspecified atom stereocenters. The molecule has 17 heavy (non-hydrogen) atoms. The van der Waals surface area contributed by atoms with Crippen LogP contribution < -0.4 is 0 Å². The highest BCUT2D eigenvalue weighted by Crippen LogP contribution is 2.25. The van der Waals surface area contributed by atoms with Crippen molar-refractivity contribution in [3.05, 3.63) is 27.5 Å². The van der Waals surface area contributed by atoms with Crippen molar-refractivity contribution in [1.82, 2.24) is 4.98 Å². The molecule has 94 valence electrons. The molecule has 0 atom stereocenters. The summed E-state index contributed by atoms with van der Waals surface area (Å²) in [5.41, 5.74) is 1.43. The first-order valence-electron chi connectivity index (χ1n) is 5.51. The summed E-state index contributed by atoms with van der Waals surface area (Å²) in [4.78, 5) is 14.8. The second-order valence-electron chi connectivity index (χ2n) is 3.75. The van der Waals surface area contributed by atoms with Crippen molar-refractivity contribution in [3.63, 3.8) is 0 Å². The molecule has 0 amide bonds. The van der Waals surface area contributed by atoms with E-state index in [9.17, 15) is 4.79 Å². The smallest absolute Gasteiger partial charge is 0.303 e. The Kier molecular flexibility index (Phi) is 5.72. The van der Waals surface area contributed by atoms with Crippen molar-refractivity contribution < 1.29 is 9.53 Å². The van der Waals surface area contributed by atoms with Crippen LogP contribution in [0.4, 0.5) is 0 Å². The maximum absolute atomic E-state index is 10.7. The molecule has 0 saturated carbocycles. The van der Waals surface area contributed by atoms with Gasteiger partial charge in [-0.25, -0.2) is 4.98 Å². The number of ether oxygens (including phenoxy) is 1. The van der Waals surface area contributed by atoms with Crippen molar-refractivity contribution in [1.29, 1.82) is 0 Å². The van der Waals surface area contributed by atoms with E-state index in [-0.39, 0.29) is 12.6 Å². The number of pyridine rings is 1. The third-order valence-electron chi connectivity index (χ3n) is 2.28. The highest BCUT2D eigenvalue weighted by Gasteiger charge is 2.10. The zero-order valence-electron chi connectivity index (χ0n) is 9.93. The third kappa shape index (κ3) is 4.52. The standard InChI is InChI=1S/C12H15Cl2NO2/c1-3-4-5-10-11(13)6-9(15-12(10)14)7-17-8(2)16/h6H,3-5,7H2,1-2H3. The molecule has 0 aliphatic heterocycles. The number of hydrogen-bond donors (Lipinski definition) is 0. The number of carbonyl (C=O) groups is 1. The molecule has 0 spiro atoms. The minimum Gasteiger partial charge on any atom is -0.459 e. The van der Waals surface area contributed by atoms with Gasteiger partial charge in [0.05, 0.1) is 5.69 Å². The lowest BCUT2D eigenvalue weighted by atomic mass is 10.1. The maximum atomic E-state index is 10.7. The molecule has 5 heteroatoms. The lowest BCUT2D eigenvalue weighted by molar-refractivity contribution is -0.142. The van der Waals surface area contributed by atoms with Gasteiger partial charge >= 0.3 is 5.97 Å². The van der Waals surface area contributed by atoms with Crippen LogP contribution in [0, 0.1) is 0 Å². The zero-order valence-corrected chi connectivity index (χ0v) is 11.4. The molecule has 1 aromatic heterocycles. The fourth-order valence-electron chi connectivity index (χ4n) is 1.38. The van der Waals surface area contributed by atoms with Crippen molar-refractivity contribution in [2.75, 3.05) is 0 Å². The minimum atomic E-state index is -0.353. The summed E-state index contributed by atoms with van der Waals surface area (Å²) in [6.07, 6.45) is 2.90. The minimum absolute atomic E-state index is 0.100. The van der Waals surface area contributed by atoms with Gasteiger partial charge in [-0.3, -0.25) is 4.79 Å².